The Hall–Kier alpha value is -4.21. The Morgan fingerprint density at radius 1 is 0.946 bits per heavy atom. The highest BCUT2D eigenvalue weighted by atomic mass is 19.4. The molecular formula is C21H19F6N5O5. The molecule has 3 N–H and O–H groups in total. The largest absolute Gasteiger partial charge is 0.490 e. The number of nitrogens with zero attached hydrogens (tertiary/aromatic N) is 4. The number of carbonyl (C=O) groups is 3. The summed E-state index contributed by atoms with van der Waals surface area (Å²) in [6.45, 7) is 3.52. The zero-order valence-electron chi connectivity index (χ0n) is 18.6. The van der Waals surface area contributed by atoms with Gasteiger partial charge in [0.15, 0.2) is 6.29 Å². The molecule has 37 heavy (non-hydrogen) atoms. The van der Waals surface area contributed by atoms with Gasteiger partial charge in [-0.1, -0.05) is 0 Å². The third-order valence-corrected chi connectivity index (χ3v) is 4.66. The van der Waals surface area contributed by atoms with Gasteiger partial charge < -0.3 is 20.4 Å². The standard InChI is InChI=1S/C17H17N5O.2C2HF3O2/c23-12-15-14-4-2-6-20-16(14)22(13-3-1-5-19-11-13)17(15)21-9-7-18-8-10-21;2*3-2(4,5)1(6)7/h1-6,11-12,18H,7-10H2;2*(H,6,7). The summed E-state index contributed by atoms with van der Waals surface area (Å²) in [5, 5.41) is 18.5. The van der Waals surface area contributed by atoms with Gasteiger partial charge in [0.25, 0.3) is 0 Å². The Kier molecular flexibility index (Phi) is 9.54. The number of alkyl halides is 6. The van der Waals surface area contributed by atoms with E-state index < -0.39 is 24.3 Å². The van der Waals surface area contributed by atoms with Gasteiger partial charge in [0.2, 0.25) is 0 Å². The lowest BCUT2D eigenvalue weighted by atomic mass is 10.2. The van der Waals surface area contributed by atoms with Crippen molar-refractivity contribution in [2.45, 2.75) is 12.4 Å². The van der Waals surface area contributed by atoms with E-state index in [1.165, 1.54) is 0 Å². The van der Waals surface area contributed by atoms with Crippen molar-refractivity contribution in [1.29, 1.82) is 0 Å². The molecule has 1 saturated heterocycles. The van der Waals surface area contributed by atoms with E-state index in [0.717, 1.165) is 55.0 Å². The molecule has 0 radical (unpaired) electrons. The third kappa shape index (κ3) is 7.63. The lowest BCUT2D eigenvalue weighted by Gasteiger charge is -2.30. The number of carboxylic acid groups (broad SMARTS) is 2. The van der Waals surface area contributed by atoms with Crippen LogP contribution >= 0.6 is 0 Å². The monoisotopic (exact) mass is 535 g/mol. The molecule has 0 amide bonds. The predicted molar refractivity (Wildman–Crippen MR) is 117 cm³/mol. The zero-order valence-corrected chi connectivity index (χ0v) is 18.6. The number of piperazine rings is 1. The summed E-state index contributed by atoms with van der Waals surface area (Å²) in [6.07, 6.45) is -3.93. The Bertz CT molecular complexity index is 1200. The number of pyridine rings is 2. The lowest BCUT2D eigenvalue weighted by molar-refractivity contribution is -0.193. The molecule has 3 aromatic rings. The zero-order chi connectivity index (χ0) is 27.8. The van der Waals surface area contributed by atoms with Crippen molar-refractivity contribution >= 4 is 35.1 Å². The molecule has 16 heteroatoms. The Morgan fingerprint density at radius 2 is 1.49 bits per heavy atom. The molecule has 0 saturated carbocycles. The molecule has 4 rings (SSSR count). The number of anilines is 1. The average molecular weight is 535 g/mol. The fraction of sp³-hybridized carbons (Fsp3) is 0.286. The summed E-state index contributed by atoms with van der Waals surface area (Å²) < 4.78 is 65.5. The smallest absolute Gasteiger partial charge is 0.475 e. The summed E-state index contributed by atoms with van der Waals surface area (Å²) in [6, 6.07) is 7.70. The van der Waals surface area contributed by atoms with Crippen molar-refractivity contribution in [1.82, 2.24) is 19.9 Å². The van der Waals surface area contributed by atoms with Gasteiger partial charge >= 0.3 is 24.3 Å². The highest BCUT2D eigenvalue weighted by molar-refractivity contribution is 6.03. The second-order valence-corrected chi connectivity index (χ2v) is 7.12. The van der Waals surface area contributed by atoms with Gasteiger partial charge in [0.1, 0.15) is 11.5 Å². The van der Waals surface area contributed by atoms with Gasteiger partial charge in [-0.05, 0) is 24.3 Å². The number of aldehydes is 1. The van der Waals surface area contributed by atoms with Crippen LogP contribution in [0.4, 0.5) is 32.2 Å². The molecule has 3 aromatic heterocycles. The van der Waals surface area contributed by atoms with Crippen LogP contribution < -0.4 is 10.2 Å². The highest BCUT2D eigenvalue weighted by Crippen LogP contribution is 2.33. The molecule has 10 nitrogen and oxygen atoms in total. The van der Waals surface area contributed by atoms with Crippen LogP contribution in [0.2, 0.25) is 0 Å². The van der Waals surface area contributed by atoms with Gasteiger partial charge in [0.05, 0.1) is 17.4 Å². The molecular weight excluding hydrogens is 516 g/mol. The van der Waals surface area contributed by atoms with Gasteiger partial charge in [-0.2, -0.15) is 26.3 Å². The van der Waals surface area contributed by atoms with Crippen LogP contribution in [-0.4, -0.2) is 81.5 Å². The van der Waals surface area contributed by atoms with Crippen molar-refractivity contribution in [3.8, 4) is 5.69 Å². The molecule has 4 heterocycles. The summed E-state index contributed by atoms with van der Waals surface area (Å²) >= 11 is 0. The van der Waals surface area contributed by atoms with Crippen LogP contribution in [0.25, 0.3) is 16.7 Å². The predicted octanol–water partition coefficient (Wildman–Crippen LogP) is 2.91. The van der Waals surface area contributed by atoms with E-state index in [0.29, 0.717) is 5.56 Å². The van der Waals surface area contributed by atoms with Crippen molar-refractivity contribution in [3.05, 3.63) is 48.4 Å². The van der Waals surface area contributed by atoms with Crippen LogP contribution in [0.15, 0.2) is 42.9 Å². The Labute approximate surface area is 204 Å². The van der Waals surface area contributed by atoms with Crippen LogP contribution in [-0.2, 0) is 9.59 Å². The lowest BCUT2D eigenvalue weighted by Crippen LogP contribution is -2.44. The minimum Gasteiger partial charge on any atom is -0.475 e. The van der Waals surface area contributed by atoms with E-state index in [-0.39, 0.29) is 0 Å². The molecule has 0 aliphatic carbocycles. The molecule has 0 bridgehead atoms. The first-order chi connectivity index (χ1) is 17.3. The van der Waals surface area contributed by atoms with Crippen molar-refractivity contribution in [3.63, 3.8) is 0 Å². The summed E-state index contributed by atoms with van der Waals surface area (Å²) in [4.78, 5) is 40.6. The van der Waals surface area contributed by atoms with Gasteiger partial charge in [-0.3, -0.25) is 14.3 Å². The highest BCUT2D eigenvalue weighted by Gasteiger charge is 2.38. The van der Waals surface area contributed by atoms with Gasteiger partial charge in [-0.25, -0.2) is 14.6 Å². The van der Waals surface area contributed by atoms with Crippen LogP contribution in [0, 0.1) is 0 Å². The summed E-state index contributed by atoms with van der Waals surface area (Å²) in [5.41, 5.74) is 2.40. The quantitative estimate of drug-likeness (QED) is 0.342. The number of aromatic nitrogens is 3. The van der Waals surface area contributed by atoms with E-state index in [1.54, 1.807) is 18.6 Å². The first-order valence-electron chi connectivity index (χ1n) is 10.2. The SMILES string of the molecule is O=C(O)C(F)(F)F.O=C(O)C(F)(F)F.O=Cc1c(N2CCNCC2)n(-c2cccnc2)c2ncccc12. The molecule has 1 aliphatic rings. The number of nitrogens with one attached hydrogen (secondary N) is 1. The molecule has 1 fully saturated rings. The van der Waals surface area contributed by atoms with E-state index in [4.69, 9.17) is 19.8 Å². The maximum Gasteiger partial charge on any atom is 0.490 e. The molecule has 1 aliphatic heterocycles. The molecule has 200 valence electrons. The molecule has 0 spiro atoms. The average Bonchev–Trinajstić information content (AvgIpc) is 3.19. The third-order valence-electron chi connectivity index (χ3n) is 4.66. The van der Waals surface area contributed by atoms with Crippen molar-refractivity contribution < 1.29 is 50.9 Å². The van der Waals surface area contributed by atoms with Crippen LogP contribution in [0.5, 0.6) is 0 Å². The Morgan fingerprint density at radius 3 is 1.95 bits per heavy atom. The first kappa shape index (κ1) is 29.0. The number of carbonyl (C=O) groups excluding carboxylic acids is 1. The minimum absolute atomic E-state index is 0.693. The number of hydrogen-bond donors (Lipinski definition) is 3. The topological polar surface area (TPSA) is 138 Å². The molecule has 0 aromatic carbocycles. The number of hydrogen-bond acceptors (Lipinski definition) is 7. The number of fused-ring (bicyclic) bond motifs is 1. The maximum absolute atomic E-state index is 11.8. The number of halogens is 6. The minimum atomic E-state index is -5.08. The number of carboxylic acids is 2. The van der Waals surface area contributed by atoms with Gasteiger partial charge in [0, 0.05) is 44.0 Å². The Balaban J connectivity index is 0.000000286. The van der Waals surface area contributed by atoms with E-state index in [1.807, 2.05) is 28.8 Å². The second-order valence-electron chi connectivity index (χ2n) is 7.12. The van der Waals surface area contributed by atoms with Crippen molar-refractivity contribution in [2.75, 3.05) is 31.1 Å². The van der Waals surface area contributed by atoms with Crippen LogP contribution in [0.1, 0.15) is 10.4 Å². The molecule has 0 atom stereocenters. The number of rotatable bonds is 3. The summed E-state index contributed by atoms with van der Waals surface area (Å²) in [7, 11) is 0. The van der Waals surface area contributed by atoms with E-state index >= 15 is 0 Å². The molecule has 0 unspecified atom stereocenters. The summed E-state index contributed by atoms with van der Waals surface area (Å²) in [5.74, 6) is -4.61. The normalized spacial score (nSPS) is 13.6. The first-order valence-corrected chi connectivity index (χ1v) is 10.2. The maximum atomic E-state index is 11.8. The van der Waals surface area contributed by atoms with Crippen LogP contribution in [0.3, 0.4) is 0 Å². The van der Waals surface area contributed by atoms with E-state index in [9.17, 15) is 31.1 Å². The van der Waals surface area contributed by atoms with E-state index in [2.05, 4.69) is 20.2 Å². The van der Waals surface area contributed by atoms with Gasteiger partial charge in [-0.15, -0.1) is 0 Å². The fourth-order valence-electron chi connectivity index (χ4n) is 3.16. The fourth-order valence-corrected chi connectivity index (χ4v) is 3.16. The number of aliphatic carboxylic acids is 2. The van der Waals surface area contributed by atoms with Crippen molar-refractivity contribution in [2.24, 2.45) is 0 Å². The second kappa shape index (κ2) is 12.2.